The van der Waals surface area contributed by atoms with Crippen LogP contribution in [0.15, 0.2) is 46.0 Å². The quantitative estimate of drug-likeness (QED) is 0.596. The highest BCUT2D eigenvalue weighted by Crippen LogP contribution is 2.43. The summed E-state index contributed by atoms with van der Waals surface area (Å²) < 4.78 is 16.1. The topological polar surface area (TPSA) is 59.0 Å². The van der Waals surface area contributed by atoms with Crippen LogP contribution in [0.2, 0.25) is 0 Å². The molecule has 2 aromatic rings. The molecule has 4 heteroatoms. The highest BCUT2D eigenvalue weighted by molar-refractivity contribution is 5.08. The van der Waals surface area contributed by atoms with Crippen molar-refractivity contribution < 1.29 is 18.7 Å². The molecule has 0 aromatic carbocycles. The van der Waals surface area contributed by atoms with Crippen molar-refractivity contribution >= 4 is 0 Å². The van der Waals surface area contributed by atoms with Crippen LogP contribution in [0.4, 0.5) is 0 Å². The van der Waals surface area contributed by atoms with Crippen molar-refractivity contribution in [1.29, 1.82) is 0 Å². The number of rotatable bonds is 11. The van der Waals surface area contributed by atoms with E-state index in [0.29, 0.717) is 5.92 Å². The summed E-state index contributed by atoms with van der Waals surface area (Å²) in [5.74, 6) is 0.522. The van der Waals surface area contributed by atoms with E-state index in [0.717, 1.165) is 44.9 Å². The first-order valence-corrected chi connectivity index (χ1v) is 9.43. The van der Waals surface area contributed by atoms with Crippen molar-refractivity contribution in [2.24, 2.45) is 5.92 Å². The van der Waals surface area contributed by atoms with Gasteiger partial charge in [0.2, 0.25) is 0 Å². The Hall–Kier alpha value is -1.52. The molecule has 0 amide bonds. The first-order valence-electron chi connectivity index (χ1n) is 9.43. The molecular formula is C21H30O4. The van der Waals surface area contributed by atoms with E-state index in [9.17, 15) is 5.11 Å². The fraction of sp³-hybridized carbons (Fsp3) is 0.619. The Morgan fingerprint density at radius 2 is 1.80 bits per heavy atom. The zero-order chi connectivity index (χ0) is 17.7. The number of aliphatic hydroxyl groups is 1. The number of furan rings is 2. The smallest absolute Gasteiger partial charge is 0.0945 e. The largest absolute Gasteiger partial charge is 0.472 e. The number of aliphatic hydroxyl groups excluding tert-OH is 1. The second kappa shape index (κ2) is 8.24. The molecule has 138 valence electrons. The minimum absolute atomic E-state index is 0.153. The molecule has 0 spiro atoms. The SMILES string of the molecule is C[C@@H](CCCc1ccoc1)C[C@@H](O)CC1(C)OC1CCc1ccoc1. The lowest BCUT2D eigenvalue weighted by atomic mass is 9.90. The Morgan fingerprint density at radius 1 is 1.12 bits per heavy atom. The molecule has 0 bridgehead atoms. The van der Waals surface area contributed by atoms with Gasteiger partial charge in [0, 0.05) is 6.42 Å². The van der Waals surface area contributed by atoms with E-state index in [1.54, 1.807) is 18.8 Å². The number of ether oxygens (including phenoxy) is 1. The molecule has 4 nitrogen and oxygen atoms in total. The van der Waals surface area contributed by atoms with Crippen LogP contribution in [0.3, 0.4) is 0 Å². The van der Waals surface area contributed by atoms with Crippen molar-refractivity contribution in [1.82, 2.24) is 0 Å². The summed E-state index contributed by atoms with van der Waals surface area (Å²) in [5, 5.41) is 10.4. The average Bonchev–Trinajstić information content (AvgIpc) is 3.00. The van der Waals surface area contributed by atoms with Gasteiger partial charge >= 0.3 is 0 Å². The van der Waals surface area contributed by atoms with Crippen LogP contribution in [0.1, 0.15) is 57.1 Å². The monoisotopic (exact) mass is 346 g/mol. The van der Waals surface area contributed by atoms with E-state index in [4.69, 9.17) is 13.6 Å². The molecule has 1 N–H and O–H groups in total. The van der Waals surface area contributed by atoms with E-state index >= 15 is 0 Å². The molecule has 1 aliphatic rings. The maximum Gasteiger partial charge on any atom is 0.0945 e. The summed E-state index contributed by atoms with van der Waals surface area (Å²) in [6.45, 7) is 4.35. The van der Waals surface area contributed by atoms with Crippen LogP contribution in [0, 0.1) is 5.92 Å². The van der Waals surface area contributed by atoms with Crippen LogP contribution in [-0.4, -0.2) is 22.9 Å². The minimum Gasteiger partial charge on any atom is -0.472 e. The molecule has 25 heavy (non-hydrogen) atoms. The van der Waals surface area contributed by atoms with Crippen molar-refractivity contribution in [3.63, 3.8) is 0 Å². The Kier molecular flexibility index (Phi) is 6.02. The molecule has 2 aromatic heterocycles. The highest BCUT2D eigenvalue weighted by Gasteiger charge is 2.52. The maximum absolute atomic E-state index is 10.4. The van der Waals surface area contributed by atoms with Gasteiger partial charge in [-0.05, 0) is 68.2 Å². The number of aryl methyl sites for hydroxylation is 2. The zero-order valence-corrected chi connectivity index (χ0v) is 15.3. The third-order valence-corrected chi connectivity index (χ3v) is 5.37. The molecule has 3 rings (SSSR count). The molecule has 2 unspecified atom stereocenters. The maximum atomic E-state index is 10.4. The van der Waals surface area contributed by atoms with Crippen LogP contribution in [0.25, 0.3) is 0 Å². The second-order valence-electron chi connectivity index (χ2n) is 7.81. The fourth-order valence-corrected chi connectivity index (χ4v) is 3.79. The van der Waals surface area contributed by atoms with Crippen LogP contribution in [0.5, 0.6) is 0 Å². The lowest BCUT2D eigenvalue weighted by Gasteiger charge is -2.18. The van der Waals surface area contributed by atoms with Gasteiger partial charge in [0.05, 0.1) is 42.9 Å². The van der Waals surface area contributed by atoms with Crippen molar-refractivity contribution in [3.8, 4) is 0 Å². The Labute approximate surface area is 150 Å². The summed E-state index contributed by atoms with van der Waals surface area (Å²) >= 11 is 0. The van der Waals surface area contributed by atoms with E-state index in [1.807, 2.05) is 18.4 Å². The van der Waals surface area contributed by atoms with Gasteiger partial charge in [-0.2, -0.15) is 0 Å². The summed E-state index contributed by atoms with van der Waals surface area (Å²) in [4.78, 5) is 0. The first kappa shape index (κ1) is 18.3. The molecule has 0 aliphatic carbocycles. The molecule has 1 saturated heterocycles. The summed E-state index contributed by atoms with van der Waals surface area (Å²) in [7, 11) is 0. The van der Waals surface area contributed by atoms with Crippen LogP contribution < -0.4 is 0 Å². The van der Waals surface area contributed by atoms with Crippen molar-refractivity contribution in [2.75, 3.05) is 0 Å². The second-order valence-corrected chi connectivity index (χ2v) is 7.81. The van der Waals surface area contributed by atoms with Gasteiger partial charge in [-0.3, -0.25) is 0 Å². The molecule has 3 heterocycles. The van der Waals surface area contributed by atoms with E-state index in [2.05, 4.69) is 13.8 Å². The molecule has 1 aliphatic heterocycles. The standard InChI is InChI=1S/C21H30O4/c1-16(4-3-5-17-8-10-23-14-17)12-19(22)13-21(2)20(25-21)7-6-18-9-11-24-15-18/h8-11,14-16,19-20,22H,3-7,12-13H2,1-2H3/t16-,19+,20?,21?/m0/s1. The summed E-state index contributed by atoms with van der Waals surface area (Å²) in [6.07, 6.45) is 13.9. The highest BCUT2D eigenvalue weighted by atomic mass is 16.6. The Bertz CT molecular complexity index is 604. The van der Waals surface area contributed by atoms with E-state index < -0.39 is 0 Å². The van der Waals surface area contributed by atoms with E-state index in [-0.39, 0.29) is 17.8 Å². The average molecular weight is 346 g/mol. The van der Waals surface area contributed by atoms with Gasteiger partial charge in [-0.25, -0.2) is 0 Å². The lowest BCUT2D eigenvalue weighted by molar-refractivity contribution is 0.105. The lowest BCUT2D eigenvalue weighted by Crippen LogP contribution is -2.22. The number of hydrogen-bond acceptors (Lipinski definition) is 4. The molecule has 4 atom stereocenters. The summed E-state index contributed by atoms with van der Waals surface area (Å²) in [5.41, 5.74) is 2.32. The normalized spacial score (nSPS) is 25.0. The van der Waals surface area contributed by atoms with Crippen molar-refractivity contribution in [3.05, 3.63) is 48.3 Å². The van der Waals surface area contributed by atoms with Crippen LogP contribution >= 0.6 is 0 Å². The first-order chi connectivity index (χ1) is 12.0. The summed E-state index contributed by atoms with van der Waals surface area (Å²) in [6, 6.07) is 4.02. The molecule has 0 radical (unpaired) electrons. The Morgan fingerprint density at radius 3 is 2.44 bits per heavy atom. The third-order valence-electron chi connectivity index (χ3n) is 5.37. The van der Waals surface area contributed by atoms with Gasteiger partial charge in [-0.1, -0.05) is 13.3 Å². The molecule has 1 fully saturated rings. The third kappa shape index (κ3) is 5.48. The van der Waals surface area contributed by atoms with Gasteiger partial charge in [0.15, 0.2) is 0 Å². The van der Waals surface area contributed by atoms with Gasteiger partial charge in [0.25, 0.3) is 0 Å². The van der Waals surface area contributed by atoms with Gasteiger partial charge < -0.3 is 18.7 Å². The molecule has 0 saturated carbocycles. The fourth-order valence-electron chi connectivity index (χ4n) is 3.79. The minimum atomic E-state index is -0.284. The Balaban J connectivity index is 1.31. The number of epoxide rings is 1. The number of hydrogen-bond donors (Lipinski definition) is 1. The van der Waals surface area contributed by atoms with Crippen molar-refractivity contribution in [2.45, 2.75) is 76.6 Å². The van der Waals surface area contributed by atoms with E-state index in [1.165, 1.54) is 11.1 Å². The van der Waals surface area contributed by atoms with Crippen LogP contribution in [-0.2, 0) is 17.6 Å². The predicted molar refractivity (Wildman–Crippen MR) is 96.4 cm³/mol. The molecular weight excluding hydrogens is 316 g/mol. The van der Waals surface area contributed by atoms with Gasteiger partial charge in [0.1, 0.15) is 0 Å². The zero-order valence-electron chi connectivity index (χ0n) is 15.3. The predicted octanol–water partition coefficient (Wildman–Crippen LogP) is 4.76. The van der Waals surface area contributed by atoms with Gasteiger partial charge in [-0.15, -0.1) is 0 Å².